The minimum Gasteiger partial charge on any atom is -0.475 e. The van der Waals surface area contributed by atoms with Gasteiger partial charge in [0.25, 0.3) is 0 Å². The highest BCUT2D eigenvalue weighted by Gasteiger charge is 2.20. The molecule has 5 rings (SSSR count). The third-order valence-electron chi connectivity index (χ3n) is 5.81. The highest BCUT2D eigenvalue weighted by molar-refractivity contribution is 5.93. The number of ether oxygens (including phenoxy) is 2. The Labute approximate surface area is 185 Å². The first-order chi connectivity index (χ1) is 15.6. The van der Waals surface area contributed by atoms with E-state index >= 15 is 0 Å². The number of aromatic nitrogens is 6. The topological polar surface area (TPSA) is 103 Å². The zero-order chi connectivity index (χ0) is 22.2. The summed E-state index contributed by atoms with van der Waals surface area (Å²) in [5.74, 6) is 0.612. The van der Waals surface area contributed by atoms with Crippen LogP contribution in [-0.2, 0) is 18.3 Å². The third-order valence-corrected chi connectivity index (χ3v) is 5.81. The summed E-state index contributed by atoms with van der Waals surface area (Å²) in [6, 6.07) is 6.24. The van der Waals surface area contributed by atoms with Crippen molar-refractivity contribution in [3.8, 4) is 17.0 Å². The molecule has 3 aromatic heterocycles. The number of hydrogen-bond acceptors (Lipinski definition) is 6. The van der Waals surface area contributed by atoms with Gasteiger partial charge in [-0.05, 0) is 43.7 Å². The predicted octanol–water partition coefficient (Wildman–Crippen LogP) is 3.10. The maximum absolute atomic E-state index is 9.44. The summed E-state index contributed by atoms with van der Waals surface area (Å²) in [6.07, 6.45) is 5.63. The van der Waals surface area contributed by atoms with Crippen molar-refractivity contribution in [2.75, 3.05) is 19.8 Å². The van der Waals surface area contributed by atoms with E-state index < -0.39 is 0 Å². The second-order valence-corrected chi connectivity index (χ2v) is 7.88. The summed E-state index contributed by atoms with van der Waals surface area (Å²) in [7, 11) is 1.93. The lowest BCUT2D eigenvalue weighted by Gasteiger charge is -2.16. The van der Waals surface area contributed by atoms with Gasteiger partial charge in [0.2, 0.25) is 5.88 Å². The minimum atomic E-state index is -0.174. The van der Waals surface area contributed by atoms with Crippen LogP contribution in [0, 0.1) is 6.92 Å². The monoisotopic (exact) mass is 434 g/mol. The number of hydrogen-bond donors (Lipinski definition) is 2. The molecule has 2 bridgehead atoms. The van der Waals surface area contributed by atoms with Crippen molar-refractivity contribution in [2.24, 2.45) is 7.05 Å². The van der Waals surface area contributed by atoms with Gasteiger partial charge in [0.1, 0.15) is 6.61 Å². The summed E-state index contributed by atoms with van der Waals surface area (Å²) in [5, 5.41) is 27.1. The Kier molecular flexibility index (Phi) is 5.28. The van der Waals surface area contributed by atoms with E-state index in [0.717, 1.165) is 44.7 Å². The van der Waals surface area contributed by atoms with Gasteiger partial charge in [-0.25, -0.2) is 4.68 Å². The number of H-pyrrole nitrogens is 1. The second-order valence-electron chi connectivity index (χ2n) is 7.88. The molecular weight excluding hydrogens is 408 g/mol. The smallest absolute Gasteiger partial charge is 0.219 e. The molecule has 9 heteroatoms. The van der Waals surface area contributed by atoms with Gasteiger partial charge in [-0.3, -0.25) is 9.78 Å². The Morgan fingerprint density at radius 2 is 2.12 bits per heavy atom. The van der Waals surface area contributed by atoms with Crippen molar-refractivity contribution in [1.82, 2.24) is 29.8 Å². The Morgan fingerprint density at radius 1 is 1.25 bits per heavy atom. The number of aliphatic hydroxyl groups excluding tert-OH is 1. The summed E-state index contributed by atoms with van der Waals surface area (Å²) in [6.45, 7) is 5.04. The molecule has 4 aromatic rings. The molecule has 9 nitrogen and oxygen atoms in total. The fourth-order valence-electron chi connectivity index (χ4n) is 4.25. The van der Waals surface area contributed by atoms with E-state index in [-0.39, 0.29) is 12.7 Å². The molecule has 1 unspecified atom stereocenters. The summed E-state index contributed by atoms with van der Waals surface area (Å²) in [5.41, 5.74) is 6.56. The van der Waals surface area contributed by atoms with Gasteiger partial charge >= 0.3 is 0 Å². The molecule has 0 saturated heterocycles. The molecule has 0 saturated carbocycles. The van der Waals surface area contributed by atoms with Gasteiger partial charge in [0.05, 0.1) is 60.2 Å². The number of nitrogens with one attached hydrogen (secondary N) is 1. The van der Waals surface area contributed by atoms with Gasteiger partial charge < -0.3 is 14.6 Å². The number of fused-ring (bicyclic) bond motifs is 4. The molecule has 166 valence electrons. The van der Waals surface area contributed by atoms with Crippen LogP contribution in [0.4, 0.5) is 0 Å². The molecule has 32 heavy (non-hydrogen) atoms. The Bertz CT molecular complexity index is 1300. The molecule has 2 N–H and O–H groups in total. The first kappa shape index (κ1) is 20.5. The van der Waals surface area contributed by atoms with E-state index in [1.165, 1.54) is 0 Å². The molecule has 0 fully saturated rings. The number of aryl methyl sites for hydroxylation is 2. The lowest BCUT2D eigenvalue weighted by molar-refractivity contribution is 0.0376. The highest BCUT2D eigenvalue weighted by Crippen LogP contribution is 2.33. The van der Waals surface area contributed by atoms with E-state index in [9.17, 15) is 5.11 Å². The van der Waals surface area contributed by atoms with Crippen LogP contribution < -0.4 is 4.74 Å². The molecule has 4 heterocycles. The quantitative estimate of drug-likeness (QED) is 0.503. The van der Waals surface area contributed by atoms with Crippen molar-refractivity contribution in [3.05, 3.63) is 47.0 Å². The molecule has 1 atom stereocenters. The summed E-state index contributed by atoms with van der Waals surface area (Å²) >= 11 is 0. The van der Waals surface area contributed by atoms with Crippen LogP contribution in [-0.4, -0.2) is 54.7 Å². The molecular formula is C23H26N6O3. The predicted molar refractivity (Wildman–Crippen MR) is 121 cm³/mol. The largest absolute Gasteiger partial charge is 0.475 e. The molecule has 1 aromatic carbocycles. The van der Waals surface area contributed by atoms with Crippen LogP contribution >= 0.6 is 0 Å². The van der Waals surface area contributed by atoms with Gasteiger partial charge in [0.15, 0.2) is 0 Å². The SMILES string of the molecule is Cc1nn(CCO)c2c1/C=C/c1n[nH]c3ccc(cc13)-c1cnn(C)c1C(C)OCCO2. The van der Waals surface area contributed by atoms with E-state index in [2.05, 4.69) is 32.5 Å². The van der Waals surface area contributed by atoms with E-state index in [1.54, 1.807) is 4.68 Å². The lowest BCUT2D eigenvalue weighted by atomic mass is 10.0. The number of benzene rings is 1. The van der Waals surface area contributed by atoms with Gasteiger partial charge in [-0.15, -0.1) is 0 Å². The van der Waals surface area contributed by atoms with Gasteiger partial charge in [-0.2, -0.15) is 15.3 Å². The van der Waals surface area contributed by atoms with Gasteiger partial charge in [-0.1, -0.05) is 6.07 Å². The average molecular weight is 435 g/mol. The van der Waals surface area contributed by atoms with Gasteiger partial charge in [0, 0.05) is 18.0 Å². The second kappa shape index (κ2) is 8.25. The molecule has 0 radical (unpaired) electrons. The number of aliphatic hydroxyl groups is 1. The zero-order valence-electron chi connectivity index (χ0n) is 18.4. The van der Waals surface area contributed by atoms with Crippen molar-refractivity contribution in [2.45, 2.75) is 26.5 Å². The zero-order valence-corrected chi connectivity index (χ0v) is 18.4. The van der Waals surface area contributed by atoms with Crippen molar-refractivity contribution in [3.63, 3.8) is 0 Å². The fraction of sp³-hybridized carbons (Fsp3) is 0.348. The normalized spacial score (nSPS) is 17.4. The molecule has 0 amide bonds. The Hall–Kier alpha value is -3.43. The minimum absolute atomic E-state index is 0.0236. The molecule has 1 aliphatic heterocycles. The van der Waals surface area contributed by atoms with Crippen LogP contribution in [0.2, 0.25) is 0 Å². The third kappa shape index (κ3) is 3.49. The average Bonchev–Trinajstić information content (AvgIpc) is 3.44. The Balaban J connectivity index is 1.66. The number of rotatable bonds is 2. The molecule has 0 aliphatic carbocycles. The van der Waals surface area contributed by atoms with E-state index in [0.29, 0.717) is 25.6 Å². The van der Waals surface area contributed by atoms with Crippen molar-refractivity contribution < 1.29 is 14.6 Å². The van der Waals surface area contributed by atoms with Crippen LogP contribution in [0.15, 0.2) is 24.4 Å². The van der Waals surface area contributed by atoms with Crippen LogP contribution in [0.5, 0.6) is 5.88 Å². The van der Waals surface area contributed by atoms with Crippen LogP contribution in [0.1, 0.15) is 35.7 Å². The molecule has 1 aliphatic rings. The number of aromatic amines is 1. The fourth-order valence-corrected chi connectivity index (χ4v) is 4.25. The van der Waals surface area contributed by atoms with E-state index in [1.807, 2.05) is 50.0 Å². The van der Waals surface area contributed by atoms with Crippen molar-refractivity contribution >= 4 is 23.1 Å². The molecule has 0 spiro atoms. The highest BCUT2D eigenvalue weighted by atomic mass is 16.5. The standard InChI is InChI=1S/C23H26N6O3/c1-14-17-5-7-21-18-12-16(4-6-20(18)25-26-21)19-13-24-28(3)22(19)15(2)31-10-11-32-23(17)29(27-14)8-9-30/h4-7,12-13,15,30H,8-11H2,1-3H3,(H,25,26)/b7-5+. The summed E-state index contributed by atoms with van der Waals surface area (Å²) in [4.78, 5) is 0. The first-order valence-electron chi connectivity index (χ1n) is 10.7. The van der Waals surface area contributed by atoms with E-state index in [4.69, 9.17) is 9.47 Å². The maximum atomic E-state index is 9.44. The first-order valence-corrected chi connectivity index (χ1v) is 10.7. The van der Waals surface area contributed by atoms with Crippen LogP contribution in [0.25, 0.3) is 34.2 Å². The lowest BCUT2D eigenvalue weighted by Crippen LogP contribution is -2.15. The maximum Gasteiger partial charge on any atom is 0.219 e. The van der Waals surface area contributed by atoms with Crippen molar-refractivity contribution in [1.29, 1.82) is 0 Å². The number of nitrogens with zero attached hydrogens (tertiary/aromatic N) is 5. The summed E-state index contributed by atoms with van der Waals surface area (Å²) < 4.78 is 15.7. The van der Waals surface area contributed by atoms with Crippen LogP contribution in [0.3, 0.4) is 0 Å². The Morgan fingerprint density at radius 3 is 2.97 bits per heavy atom.